The third-order valence-corrected chi connectivity index (χ3v) is 6.49. The van der Waals surface area contributed by atoms with Crippen LogP contribution in [0.25, 0.3) is 60.7 Å². The molecule has 0 spiro atoms. The summed E-state index contributed by atoms with van der Waals surface area (Å²) in [6.45, 7) is 0. The molecule has 4 heteroatoms. The molecule has 0 aliphatic heterocycles. The monoisotopic (exact) mass is 435 g/mol. The molecule has 7 rings (SSSR count). The second-order valence-corrected chi connectivity index (χ2v) is 8.35. The molecule has 0 amide bonds. The van der Waals surface area contributed by atoms with Gasteiger partial charge in [0.25, 0.3) is 0 Å². The van der Waals surface area contributed by atoms with E-state index in [0.717, 1.165) is 60.7 Å². The third kappa shape index (κ3) is 2.55. The summed E-state index contributed by atoms with van der Waals surface area (Å²) in [5.74, 6) is 0. The van der Waals surface area contributed by atoms with Crippen molar-refractivity contribution in [3.63, 3.8) is 0 Å². The minimum Gasteiger partial charge on any atom is -0.454 e. The molecule has 34 heavy (non-hydrogen) atoms. The zero-order valence-electron chi connectivity index (χ0n) is 18.1. The van der Waals surface area contributed by atoms with Crippen LogP contribution in [0.3, 0.4) is 0 Å². The van der Waals surface area contributed by atoms with Crippen molar-refractivity contribution in [2.45, 2.75) is 0 Å². The fourth-order valence-corrected chi connectivity index (χ4v) is 5.01. The van der Waals surface area contributed by atoms with E-state index in [1.54, 1.807) is 12.3 Å². The zero-order chi connectivity index (χ0) is 22.6. The van der Waals surface area contributed by atoms with Gasteiger partial charge >= 0.3 is 0 Å². The van der Waals surface area contributed by atoms with Gasteiger partial charge in [-0.1, -0.05) is 60.7 Å². The van der Waals surface area contributed by atoms with E-state index in [9.17, 15) is 5.26 Å². The number of benzene rings is 4. The van der Waals surface area contributed by atoms with Crippen LogP contribution in [-0.2, 0) is 0 Å². The standard InChI is InChI=1S/C30H17N3O/c31-18-19-15-16-32-25(17-19)24-9-2-5-11-27(24)33-26-10-4-1-7-20(26)22-13-14-23-21-8-3-6-12-28(21)34-30(23)29(22)33/h1-17H. The first kappa shape index (κ1) is 18.7. The number of fused-ring (bicyclic) bond motifs is 7. The first-order valence-electron chi connectivity index (χ1n) is 11.1. The van der Waals surface area contributed by atoms with Gasteiger partial charge in [-0.2, -0.15) is 5.26 Å². The highest BCUT2D eigenvalue weighted by molar-refractivity contribution is 6.21. The highest BCUT2D eigenvalue weighted by Gasteiger charge is 2.20. The molecular formula is C30H17N3O. The molecule has 0 N–H and O–H groups in total. The largest absolute Gasteiger partial charge is 0.454 e. The molecule has 7 aromatic rings. The minimum atomic E-state index is 0.585. The van der Waals surface area contributed by atoms with Gasteiger partial charge in [0.05, 0.1) is 34.0 Å². The van der Waals surface area contributed by atoms with Crippen molar-refractivity contribution in [3.05, 3.63) is 109 Å². The Labute approximate surface area is 194 Å². The van der Waals surface area contributed by atoms with Gasteiger partial charge in [-0.15, -0.1) is 0 Å². The smallest absolute Gasteiger partial charge is 0.160 e. The SMILES string of the molecule is N#Cc1ccnc(-c2ccccc2-n2c3ccccc3c3ccc4c5ccccc5oc4c32)c1. The van der Waals surface area contributed by atoms with Crippen molar-refractivity contribution in [2.75, 3.05) is 0 Å². The lowest BCUT2D eigenvalue weighted by atomic mass is 10.1. The quantitative estimate of drug-likeness (QED) is 0.281. The summed E-state index contributed by atoms with van der Waals surface area (Å²) in [5, 5.41) is 13.9. The van der Waals surface area contributed by atoms with Gasteiger partial charge in [0.2, 0.25) is 0 Å². The number of furan rings is 1. The van der Waals surface area contributed by atoms with E-state index in [1.165, 1.54) is 0 Å². The Bertz CT molecular complexity index is 1930. The maximum atomic E-state index is 9.44. The summed E-state index contributed by atoms with van der Waals surface area (Å²) in [5.41, 5.74) is 7.15. The van der Waals surface area contributed by atoms with Gasteiger partial charge in [-0.05, 0) is 36.4 Å². The van der Waals surface area contributed by atoms with Gasteiger partial charge in [-0.3, -0.25) is 4.98 Å². The summed E-state index contributed by atoms with van der Waals surface area (Å²) in [6, 6.07) is 34.9. The van der Waals surface area contributed by atoms with Crippen LogP contribution in [0.1, 0.15) is 5.56 Å². The van der Waals surface area contributed by atoms with Gasteiger partial charge in [0, 0.05) is 33.3 Å². The highest BCUT2D eigenvalue weighted by Crippen LogP contribution is 2.41. The van der Waals surface area contributed by atoms with E-state index < -0.39 is 0 Å². The lowest BCUT2D eigenvalue weighted by Gasteiger charge is -2.13. The summed E-state index contributed by atoms with van der Waals surface area (Å²) < 4.78 is 8.73. The summed E-state index contributed by atoms with van der Waals surface area (Å²) in [6.07, 6.45) is 1.69. The Kier molecular flexibility index (Phi) is 3.88. The lowest BCUT2D eigenvalue weighted by Crippen LogP contribution is -1.98. The summed E-state index contributed by atoms with van der Waals surface area (Å²) in [4.78, 5) is 4.60. The fraction of sp³-hybridized carbons (Fsp3) is 0. The number of hydrogen-bond acceptors (Lipinski definition) is 3. The normalized spacial score (nSPS) is 11.5. The molecule has 0 radical (unpaired) electrons. The molecule has 3 aromatic heterocycles. The first-order chi connectivity index (χ1) is 16.8. The van der Waals surface area contributed by atoms with Crippen LogP contribution >= 0.6 is 0 Å². The Balaban J connectivity index is 1.67. The van der Waals surface area contributed by atoms with E-state index in [1.807, 2.05) is 36.4 Å². The molecule has 0 aliphatic rings. The van der Waals surface area contributed by atoms with Gasteiger partial charge in [-0.25, -0.2) is 0 Å². The van der Waals surface area contributed by atoms with E-state index in [0.29, 0.717) is 5.56 Å². The molecule has 0 aliphatic carbocycles. The molecule has 3 heterocycles. The van der Waals surface area contributed by atoms with Crippen molar-refractivity contribution in [2.24, 2.45) is 0 Å². The molecule has 0 bridgehead atoms. The Morgan fingerprint density at radius 1 is 0.735 bits per heavy atom. The van der Waals surface area contributed by atoms with Crippen LogP contribution < -0.4 is 0 Å². The molecule has 158 valence electrons. The molecule has 0 fully saturated rings. The maximum Gasteiger partial charge on any atom is 0.160 e. The number of aromatic nitrogens is 2. The predicted molar refractivity (Wildman–Crippen MR) is 136 cm³/mol. The van der Waals surface area contributed by atoms with Crippen LogP contribution in [-0.4, -0.2) is 9.55 Å². The van der Waals surface area contributed by atoms with Crippen molar-refractivity contribution in [1.29, 1.82) is 5.26 Å². The van der Waals surface area contributed by atoms with Crippen molar-refractivity contribution in [3.8, 4) is 23.0 Å². The highest BCUT2D eigenvalue weighted by atomic mass is 16.3. The number of para-hydroxylation sites is 3. The average Bonchev–Trinajstić information content (AvgIpc) is 3.44. The second kappa shape index (κ2) is 7.06. The van der Waals surface area contributed by atoms with Gasteiger partial charge in [0.1, 0.15) is 5.58 Å². The zero-order valence-corrected chi connectivity index (χ0v) is 18.1. The Hall–Kier alpha value is -4.88. The van der Waals surface area contributed by atoms with Crippen molar-refractivity contribution < 1.29 is 4.42 Å². The van der Waals surface area contributed by atoms with Crippen molar-refractivity contribution >= 4 is 43.7 Å². The van der Waals surface area contributed by atoms with Crippen LogP contribution in [0.4, 0.5) is 0 Å². The number of nitrogens with zero attached hydrogens (tertiary/aromatic N) is 3. The summed E-state index contributed by atoms with van der Waals surface area (Å²) >= 11 is 0. The maximum absolute atomic E-state index is 9.44. The molecule has 4 nitrogen and oxygen atoms in total. The van der Waals surface area contributed by atoms with E-state index in [2.05, 4.69) is 70.2 Å². The molecule has 0 saturated carbocycles. The summed E-state index contributed by atoms with van der Waals surface area (Å²) in [7, 11) is 0. The topological polar surface area (TPSA) is 54.8 Å². The molecule has 0 saturated heterocycles. The number of rotatable bonds is 2. The van der Waals surface area contributed by atoms with Crippen molar-refractivity contribution in [1.82, 2.24) is 9.55 Å². The van der Waals surface area contributed by atoms with Crippen LogP contribution in [0, 0.1) is 11.3 Å². The molecule has 0 unspecified atom stereocenters. The van der Waals surface area contributed by atoms with Gasteiger partial charge < -0.3 is 8.98 Å². The molecular weight excluding hydrogens is 418 g/mol. The number of hydrogen-bond donors (Lipinski definition) is 0. The minimum absolute atomic E-state index is 0.585. The Morgan fingerprint density at radius 2 is 1.50 bits per heavy atom. The van der Waals surface area contributed by atoms with E-state index in [4.69, 9.17) is 4.42 Å². The lowest BCUT2D eigenvalue weighted by molar-refractivity contribution is 0.671. The number of pyridine rings is 1. The van der Waals surface area contributed by atoms with E-state index >= 15 is 0 Å². The number of nitriles is 1. The first-order valence-corrected chi connectivity index (χ1v) is 11.1. The Morgan fingerprint density at radius 3 is 2.41 bits per heavy atom. The van der Waals surface area contributed by atoms with Crippen LogP contribution in [0.5, 0.6) is 0 Å². The van der Waals surface area contributed by atoms with Gasteiger partial charge in [0.15, 0.2) is 5.58 Å². The predicted octanol–water partition coefficient (Wildman–Crippen LogP) is 7.62. The second-order valence-electron chi connectivity index (χ2n) is 8.35. The third-order valence-electron chi connectivity index (χ3n) is 6.49. The molecule has 4 aromatic carbocycles. The fourth-order valence-electron chi connectivity index (χ4n) is 5.01. The van der Waals surface area contributed by atoms with Crippen LogP contribution in [0.2, 0.25) is 0 Å². The van der Waals surface area contributed by atoms with E-state index in [-0.39, 0.29) is 0 Å². The average molecular weight is 435 g/mol. The molecule has 0 atom stereocenters. The van der Waals surface area contributed by atoms with Crippen LogP contribution in [0.15, 0.2) is 108 Å².